The molecule has 0 atom stereocenters. The molecule has 1 aromatic heterocycles. The lowest BCUT2D eigenvalue weighted by Gasteiger charge is -2.08. The zero-order valence-corrected chi connectivity index (χ0v) is 13.8. The van der Waals surface area contributed by atoms with Gasteiger partial charge in [-0.2, -0.15) is 13.2 Å². The second kappa shape index (κ2) is 7.53. The molecule has 0 spiro atoms. The Balaban J connectivity index is 1.65. The van der Waals surface area contributed by atoms with Gasteiger partial charge >= 0.3 is 6.18 Å². The maximum Gasteiger partial charge on any atom is 0.416 e. The summed E-state index contributed by atoms with van der Waals surface area (Å²) < 4.78 is 50.6. The van der Waals surface area contributed by atoms with Crippen LogP contribution in [0.25, 0.3) is 0 Å². The van der Waals surface area contributed by atoms with E-state index in [0.29, 0.717) is 6.54 Å². The minimum Gasteiger partial charge on any atom is -0.350 e. The predicted octanol–water partition coefficient (Wildman–Crippen LogP) is 4.48. The zero-order chi connectivity index (χ0) is 19.4. The Morgan fingerprint density at radius 2 is 1.48 bits per heavy atom. The molecule has 8 heteroatoms. The van der Waals surface area contributed by atoms with Crippen molar-refractivity contribution in [3.8, 4) is 0 Å². The minimum atomic E-state index is -4.46. The molecule has 3 aromatic rings. The number of carbonyl (C=O) groups is 1. The van der Waals surface area contributed by atoms with Gasteiger partial charge < -0.3 is 5.32 Å². The minimum absolute atomic E-state index is 0.110. The van der Waals surface area contributed by atoms with Gasteiger partial charge in [-0.05, 0) is 29.8 Å². The van der Waals surface area contributed by atoms with E-state index in [1.807, 2.05) is 0 Å². The van der Waals surface area contributed by atoms with Crippen molar-refractivity contribution >= 4 is 11.7 Å². The van der Waals surface area contributed by atoms with E-state index in [4.69, 9.17) is 0 Å². The third-order valence-electron chi connectivity index (χ3n) is 3.75. The molecule has 1 N–H and O–H groups in total. The molecule has 0 aliphatic carbocycles. The van der Waals surface area contributed by atoms with Gasteiger partial charge in [0.15, 0.2) is 5.78 Å². The van der Waals surface area contributed by atoms with Crippen LogP contribution in [0.3, 0.4) is 0 Å². The summed E-state index contributed by atoms with van der Waals surface area (Å²) >= 11 is 0. The molecule has 0 saturated heterocycles. The van der Waals surface area contributed by atoms with Crippen LogP contribution < -0.4 is 5.32 Å². The summed E-state index contributed by atoms with van der Waals surface area (Å²) in [7, 11) is 0. The predicted molar refractivity (Wildman–Crippen MR) is 90.6 cm³/mol. The molecule has 3 rings (SSSR count). The van der Waals surface area contributed by atoms with Gasteiger partial charge in [0.05, 0.1) is 11.1 Å². The number of rotatable bonds is 5. The smallest absolute Gasteiger partial charge is 0.350 e. The molecule has 1 heterocycles. The van der Waals surface area contributed by atoms with E-state index in [1.165, 1.54) is 24.5 Å². The van der Waals surface area contributed by atoms with E-state index in [1.54, 1.807) is 12.1 Å². The summed E-state index contributed by atoms with van der Waals surface area (Å²) in [5, 5.41) is 2.93. The van der Waals surface area contributed by atoms with Crippen molar-refractivity contribution < 1.29 is 22.4 Å². The van der Waals surface area contributed by atoms with Crippen LogP contribution in [-0.4, -0.2) is 15.8 Å². The van der Waals surface area contributed by atoms with Crippen LogP contribution in [0.2, 0.25) is 0 Å². The second-order valence-electron chi connectivity index (χ2n) is 5.68. The SMILES string of the molecule is O=C(c1ccc(C(F)(F)F)cc1)c1cnc(NCc2ccc(F)cc2)nc1. The highest BCUT2D eigenvalue weighted by Gasteiger charge is 2.30. The Morgan fingerprint density at radius 1 is 0.889 bits per heavy atom. The van der Waals surface area contributed by atoms with Crippen LogP contribution in [0.15, 0.2) is 60.9 Å². The molecule has 138 valence electrons. The fraction of sp³-hybridized carbons (Fsp3) is 0.105. The van der Waals surface area contributed by atoms with Crippen LogP contribution in [0.4, 0.5) is 23.5 Å². The third-order valence-corrected chi connectivity index (χ3v) is 3.75. The van der Waals surface area contributed by atoms with E-state index in [2.05, 4.69) is 15.3 Å². The van der Waals surface area contributed by atoms with E-state index in [9.17, 15) is 22.4 Å². The van der Waals surface area contributed by atoms with Crippen LogP contribution in [0.1, 0.15) is 27.0 Å². The lowest BCUT2D eigenvalue weighted by atomic mass is 10.0. The molecule has 27 heavy (non-hydrogen) atoms. The number of halogens is 4. The van der Waals surface area contributed by atoms with Crippen molar-refractivity contribution in [2.24, 2.45) is 0 Å². The Kier molecular flexibility index (Phi) is 5.16. The maximum absolute atomic E-state index is 12.9. The summed E-state index contributed by atoms with van der Waals surface area (Å²) in [5.41, 5.74) is 0.265. The fourth-order valence-electron chi connectivity index (χ4n) is 2.30. The molecule has 0 radical (unpaired) electrons. The van der Waals surface area contributed by atoms with Gasteiger partial charge in [-0.15, -0.1) is 0 Å². The van der Waals surface area contributed by atoms with Crippen molar-refractivity contribution in [1.82, 2.24) is 9.97 Å². The average molecular weight is 375 g/mol. The van der Waals surface area contributed by atoms with Crippen molar-refractivity contribution in [1.29, 1.82) is 0 Å². The fourth-order valence-corrected chi connectivity index (χ4v) is 2.30. The number of alkyl halides is 3. The highest BCUT2D eigenvalue weighted by Crippen LogP contribution is 2.29. The van der Waals surface area contributed by atoms with E-state index >= 15 is 0 Å². The van der Waals surface area contributed by atoms with Crippen molar-refractivity contribution in [2.75, 3.05) is 5.32 Å². The Labute approximate surface area is 151 Å². The van der Waals surface area contributed by atoms with Gasteiger partial charge in [0, 0.05) is 24.5 Å². The monoisotopic (exact) mass is 375 g/mol. The number of nitrogens with one attached hydrogen (secondary N) is 1. The Morgan fingerprint density at radius 3 is 2.04 bits per heavy atom. The lowest BCUT2D eigenvalue weighted by molar-refractivity contribution is -0.137. The number of anilines is 1. The first kappa shape index (κ1) is 18.5. The van der Waals surface area contributed by atoms with Crippen LogP contribution in [-0.2, 0) is 12.7 Å². The highest BCUT2D eigenvalue weighted by molar-refractivity contribution is 6.08. The summed E-state index contributed by atoms with van der Waals surface area (Å²) in [6.45, 7) is 0.368. The summed E-state index contributed by atoms with van der Waals surface area (Å²) in [6, 6.07) is 9.85. The molecule has 0 saturated carbocycles. The van der Waals surface area contributed by atoms with Gasteiger partial charge in [-0.25, -0.2) is 14.4 Å². The number of nitrogens with zero attached hydrogens (tertiary/aromatic N) is 2. The first-order valence-electron chi connectivity index (χ1n) is 7.85. The quantitative estimate of drug-likeness (QED) is 0.528. The van der Waals surface area contributed by atoms with Crippen molar-refractivity contribution in [3.63, 3.8) is 0 Å². The molecule has 0 aliphatic rings. The summed E-state index contributed by atoms with van der Waals surface area (Å²) in [5.74, 6) is -0.543. The van der Waals surface area contributed by atoms with E-state index in [-0.39, 0.29) is 22.9 Å². The molecular formula is C19H13F4N3O. The number of hydrogen-bond acceptors (Lipinski definition) is 4. The van der Waals surface area contributed by atoms with Gasteiger partial charge in [0.25, 0.3) is 0 Å². The maximum atomic E-state index is 12.9. The third kappa shape index (κ3) is 4.66. The van der Waals surface area contributed by atoms with Gasteiger partial charge in [-0.3, -0.25) is 4.79 Å². The van der Waals surface area contributed by atoms with E-state index < -0.39 is 17.5 Å². The molecule has 0 unspecified atom stereocenters. The molecular weight excluding hydrogens is 362 g/mol. The largest absolute Gasteiger partial charge is 0.416 e. The van der Waals surface area contributed by atoms with Crippen LogP contribution >= 0.6 is 0 Å². The van der Waals surface area contributed by atoms with Gasteiger partial charge in [0.2, 0.25) is 5.95 Å². The van der Waals surface area contributed by atoms with Crippen molar-refractivity contribution in [3.05, 3.63) is 89.0 Å². The second-order valence-corrected chi connectivity index (χ2v) is 5.68. The number of benzene rings is 2. The van der Waals surface area contributed by atoms with Crippen LogP contribution in [0, 0.1) is 5.82 Å². The van der Waals surface area contributed by atoms with E-state index in [0.717, 1.165) is 29.8 Å². The molecule has 0 fully saturated rings. The Bertz CT molecular complexity index is 921. The van der Waals surface area contributed by atoms with Crippen molar-refractivity contribution in [2.45, 2.75) is 12.7 Å². The number of carbonyl (C=O) groups excluding carboxylic acids is 1. The molecule has 0 aliphatic heterocycles. The first-order chi connectivity index (χ1) is 12.8. The van der Waals surface area contributed by atoms with Crippen LogP contribution in [0.5, 0.6) is 0 Å². The highest BCUT2D eigenvalue weighted by atomic mass is 19.4. The summed E-state index contributed by atoms with van der Waals surface area (Å²) in [6.07, 6.45) is -1.87. The number of hydrogen-bond donors (Lipinski definition) is 1. The molecule has 4 nitrogen and oxygen atoms in total. The first-order valence-corrected chi connectivity index (χ1v) is 7.85. The standard InChI is InChI=1S/C19H13F4N3O/c20-16-7-1-12(2-8-16)9-24-18-25-10-14(11-26-18)17(27)13-3-5-15(6-4-13)19(21,22)23/h1-8,10-11H,9H2,(H,24,25,26). The molecule has 2 aromatic carbocycles. The Hall–Kier alpha value is -3.29. The topological polar surface area (TPSA) is 54.9 Å². The lowest BCUT2D eigenvalue weighted by Crippen LogP contribution is -2.08. The average Bonchev–Trinajstić information content (AvgIpc) is 2.67. The van der Waals surface area contributed by atoms with Gasteiger partial charge in [-0.1, -0.05) is 24.3 Å². The number of ketones is 1. The summed E-state index contributed by atoms with van der Waals surface area (Å²) in [4.78, 5) is 20.3. The zero-order valence-electron chi connectivity index (χ0n) is 13.8. The number of aromatic nitrogens is 2. The molecule has 0 amide bonds. The normalized spacial score (nSPS) is 11.3. The van der Waals surface area contributed by atoms with Gasteiger partial charge in [0.1, 0.15) is 5.82 Å². The molecule has 0 bridgehead atoms.